The number of esters is 1. The number of benzene rings is 1. The molecule has 0 bridgehead atoms. The fourth-order valence-corrected chi connectivity index (χ4v) is 4.18. The molecule has 7 nitrogen and oxygen atoms in total. The predicted molar refractivity (Wildman–Crippen MR) is 109 cm³/mol. The highest BCUT2D eigenvalue weighted by atomic mass is 16.5. The van der Waals surface area contributed by atoms with Crippen molar-refractivity contribution in [1.82, 2.24) is 14.5 Å². The number of nitrogen functional groups attached to an aromatic ring is 2. The number of aromatic nitrogens is 3. The molecule has 1 atom stereocenters. The third-order valence-corrected chi connectivity index (χ3v) is 5.44. The van der Waals surface area contributed by atoms with Gasteiger partial charge in [0.05, 0.1) is 17.9 Å². The van der Waals surface area contributed by atoms with Crippen molar-refractivity contribution < 1.29 is 9.53 Å². The zero-order valence-electron chi connectivity index (χ0n) is 16.0. The number of nitrogens with two attached hydrogens (primary N) is 2. The Morgan fingerprint density at radius 3 is 2.96 bits per heavy atom. The number of carbonyl (C=O) groups is 1. The second-order valence-electron chi connectivity index (χ2n) is 7.21. The lowest BCUT2D eigenvalue weighted by atomic mass is 9.97. The van der Waals surface area contributed by atoms with Gasteiger partial charge in [0, 0.05) is 29.2 Å². The fraction of sp³-hybridized carbons (Fsp3) is 0.381. The molecular weight excluding hydrogens is 354 g/mol. The number of fused-ring (bicyclic) bond motifs is 2. The van der Waals surface area contributed by atoms with Crippen molar-refractivity contribution >= 4 is 28.6 Å². The van der Waals surface area contributed by atoms with E-state index in [0.29, 0.717) is 23.9 Å². The van der Waals surface area contributed by atoms with E-state index < -0.39 is 0 Å². The molecule has 2 aromatic heterocycles. The monoisotopic (exact) mass is 379 g/mol. The molecule has 3 aromatic rings. The average Bonchev–Trinajstić information content (AvgIpc) is 3.26. The van der Waals surface area contributed by atoms with Crippen molar-refractivity contribution in [2.24, 2.45) is 0 Å². The average molecular weight is 379 g/mol. The molecule has 0 radical (unpaired) electrons. The third-order valence-electron chi connectivity index (χ3n) is 5.44. The standard InChI is InChI=1S/C21H25N5O2/c1-2-28-20(27)15-6-8-17-14(12-15)9-11-26(17)10-3-4-13-5-7-16-18(13)19(22)25-21(23)24-16/h6,8-9,11-13H,2-5,7,10H2,1H3,(H4,22,23,24,25). The smallest absolute Gasteiger partial charge is 0.338 e. The van der Waals surface area contributed by atoms with E-state index in [1.807, 2.05) is 31.2 Å². The summed E-state index contributed by atoms with van der Waals surface area (Å²) >= 11 is 0. The number of carbonyl (C=O) groups excluding carboxylic acids is 1. The second kappa shape index (κ2) is 7.50. The van der Waals surface area contributed by atoms with Crippen LogP contribution in [0.3, 0.4) is 0 Å². The van der Waals surface area contributed by atoms with Gasteiger partial charge in [-0.3, -0.25) is 0 Å². The Hall–Kier alpha value is -3.09. The summed E-state index contributed by atoms with van der Waals surface area (Å²) in [6.07, 6.45) is 6.09. The van der Waals surface area contributed by atoms with Gasteiger partial charge in [-0.05, 0) is 62.8 Å². The lowest BCUT2D eigenvalue weighted by molar-refractivity contribution is 0.0526. The summed E-state index contributed by atoms with van der Waals surface area (Å²) in [6.45, 7) is 3.10. The number of ether oxygens (including phenoxy) is 1. The van der Waals surface area contributed by atoms with Crippen LogP contribution in [0.15, 0.2) is 30.5 Å². The molecule has 7 heteroatoms. The summed E-state index contributed by atoms with van der Waals surface area (Å²) in [5.41, 5.74) is 15.6. The molecule has 1 unspecified atom stereocenters. The van der Waals surface area contributed by atoms with Crippen LogP contribution in [0.2, 0.25) is 0 Å². The van der Waals surface area contributed by atoms with Gasteiger partial charge in [-0.25, -0.2) is 9.78 Å². The topological polar surface area (TPSA) is 109 Å². The number of anilines is 2. The molecule has 0 fully saturated rings. The van der Waals surface area contributed by atoms with Crippen molar-refractivity contribution in [3.8, 4) is 0 Å². The van der Waals surface area contributed by atoms with Gasteiger partial charge in [-0.2, -0.15) is 4.98 Å². The van der Waals surface area contributed by atoms with Gasteiger partial charge in [0.2, 0.25) is 5.95 Å². The Bertz CT molecular complexity index is 1030. The molecule has 28 heavy (non-hydrogen) atoms. The van der Waals surface area contributed by atoms with Gasteiger partial charge in [-0.15, -0.1) is 0 Å². The van der Waals surface area contributed by atoms with Crippen molar-refractivity contribution in [2.75, 3.05) is 18.1 Å². The first-order valence-electron chi connectivity index (χ1n) is 9.74. The minimum absolute atomic E-state index is 0.262. The van der Waals surface area contributed by atoms with E-state index in [-0.39, 0.29) is 11.9 Å². The Labute approximate surface area is 163 Å². The highest BCUT2D eigenvalue weighted by Gasteiger charge is 2.27. The number of hydrogen-bond donors (Lipinski definition) is 2. The van der Waals surface area contributed by atoms with Gasteiger partial charge in [0.1, 0.15) is 5.82 Å². The Kier molecular flexibility index (Phi) is 4.90. The maximum absolute atomic E-state index is 11.9. The van der Waals surface area contributed by atoms with E-state index in [9.17, 15) is 4.79 Å². The fourth-order valence-electron chi connectivity index (χ4n) is 4.18. The zero-order chi connectivity index (χ0) is 19.7. The van der Waals surface area contributed by atoms with Crippen LogP contribution in [0.25, 0.3) is 10.9 Å². The van der Waals surface area contributed by atoms with E-state index in [1.54, 1.807) is 0 Å². The van der Waals surface area contributed by atoms with Gasteiger partial charge in [0.25, 0.3) is 0 Å². The number of aryl methyl sites for hydroxylation is 2. The maximum Gasteiger partial charge on any atom is 0.338 e. The molecule has 146 valence electrons. The van der Waals surface area contributed by atoms with Crippen LogP contribution in [0.5, 0.6) is 0 Å². The van der Waals surface area contributed by atoms with Gasteiger partial charge >= 0.3 is 5.97 Å². The highest BCUT2D eigenvalue weighted by molar-refractivity contribution is 5.94. The van der Waals surface area contributed by atoms with Crippen molar-refractivity contribution in [3.63, 3.8) is 0 Å². The molecule has 1 aliphatic rings. The predicted octanol–water partition coefficient (Wildman–Crippen LogP) is 3.28. The normalized spacial score (nSPS) is 15.7. The highest BCUT2D eigenvalue weighted by Crippen LogP contribution is 2.38. The molecule has 2 heterocycles. The SMILES string of the molecule is CCOC(=O)c1ccc2c(ccn2CCCC2CCc3nc(N)nc(N)c32)c1. The summed E-state index contributed by atoms with van der Waals surface area (Å²) < 4.78 is 7.30. The van der Waals surface area contributed by atoms with Crippen LogP contribution in [-0.2, 0) is 17.7 Å². The van der Waals surface area contributed by atoms with Crippen LogP contribution in [0, 0.1) is 0 Å². The van der Waals surface area contributed by atoms with E-state index in [0.717, 1.165) is 54.4 Å². The summed E-state index contributed by atoms with van der Waals surface area (Å²) in [4.78, 5) is 20.4. The summed E-state index contributed by atoms with van der Waals surface area (Å²) in [7, 11) is 0. The Morgan fingerprint density at radius 1 is 1.29 bits per heavy atom. The first-order valence-corrected chi connectivity index (χ1v) is 9.74. The first-order chi connectivity index (χ1) is 13.6. The quantitative estimate of drug-likeness (QED) is 0.636. The van der Waals surface area contributed by atoms with Gasteiger partial charge in [0.15, 0.2) is 0 Å². The summed E-state index contributed by atoms with van der Waals surface area (Å²) in [5, 5.41) is 1.05. The lowest BCUT2D eigenvalue weighted by Crippen LogP contribution is -2.07. The summed E-state index contributed by atoms with van der Waals surface area (Å²) in [5.74, 6) is 0.908. The van der Waals surface area contributed by atoms with Crippen LogP contribution in [0.4, 0.5) is 11.8 Å². The van der Waals surface area contributed by atoms with Crippen LogP contribution in [0.1, 0.15) is 53.7 Å². The van der Waals surface area contributed by atoms with E-state index >= 15 is 0 Å². The molecule has 0 saturated carbocycles. The molecule has 1 aromatic carbocycles. The molecular formula is C21H25N5O2. The molecule has 0 spiro atoms. The Balaban J connectivity index is 1.43. The number of hydrogen-bond acceptors (Lipinski definition) is 6. The third kappa shape index (κ3) is 3.40. The Morgan fingerprint density at radius 2 is 2.14 bits per heavy atom. The number of nitrogens with zero attached hydrogens (tertiary/aromatic N) is 3. The largest absolute Gasteiger partial charge is 0.462 e. The maximum atomic E-state index is 11.9. The van der Waals surface area contributed by atoms with E-state index in [1.165, 1.54) is 0 Å². The molecule has 0 amide bonds. The summed E-state index contributed by atoms with van der Waals surface area (Å²) in [6, 6.07) is 7.74. The molecule has 4 rings (SSSR count). The second-order valence-corrected chi connectivity index (χ2v) is 7.21. The lowest BCUT2D eigenvalue weighted by Gasteiger charge is -2.13. The van der Waals surface area contributed by atoms with Crippen LogP contribution >= 0.6 is 0 Å². The molecule has 0 saturated heterocycles. The van der Waals surface area contributed by atoms with Gasteiger partial charge in [-0.1, -0.05) is 0 Å². The van der Waals surface area contributed by atoms with E-state index in [2.05, 4.69) is 20.7 Å². The van der Waals surface area contributed by atoms with Crippen molar-refractivity contribution in [1.29, 1.82) is 0 Å². The first kappa shape index (κ1) is 18.3. The van der Waals surface area contributed by atoms with Crippen LogP contribution in [-0.4, -0.2) is 27.1 Å². The van der Waals surface area contributed by atoms with Crippen molar-refractivity contribution in [3.05, 3.63) is 47.3 Å². The van der Waals surface area contributed by atoms with Gasteiger partial charge < -0.3 is 20.8 Å². The van der Waals surface area contributed by atoms with Crippen LogP contribution < -0.4 is 11.5 Å². The van der Waals surface area contributed by atoms with E-state index in [4.69, 9.17) is 16.2 Å². The molecule has 4 N–H and O–H groups in total. The minimum atomic E-state index is -0.280. The molecule has 0 aliphatic heterocycles. The minimum Gasteiger partial charge on any atom is -0.462 e. The zero-order valence-corrected chi connectivity index (χ0v) is 16.0. The molecule has 1 aliphatic carbocycles. The van der Waals surface area contributed by atoms with Crippen molar-refractivity contribution in [2.45, 2.75) is 45.1 Å². The number of rotatable bonds is 6.